The fraction of sp³-hybridized carbons (Fsp3) is 0.130. The quantitative estimate of drug-likeness (QED) is 0.520. The van der Waals surface area contributed by atoms with E-state index in [0.717, 1.165) is 12.8 Å². The lowest BCUT2D eigenvalue weighted by molar-refractivity contribution is 1.07. The van der Waals surface area contributed by atoms with Crippen LogP contribution < -0.4 is 0 Å². The molecule has 114 valence electrons. The summed E-state index contributed by atoms with van der Waals surface area (Å²) in [5, 5.41) is 2.59. The van der Waals surface area contributed by atoms with Gasteiger partial charge in [-0.3, -0.25) is 0 Å². The summed E-state index contributed by atoms with van der Waals surface area (Å²) >= 11 is 0. The van der Waals surface area contributed by atoms with Crippen molar-refractivity contribution in [1.29, 1.82) is 0 Å². The van der Waals surface area contributed by atoms with Crippen LogP contribution >= 0.6 is 0 Å². The molecule has 3 aromatic carbocycles. The Hall–Kier alpha value is -2.60. The van der Waals surface area contributed by atoms with Crippen molar-refractivity contribution in [3.8, 4) is 0 Å². The van der Waals surface area contributed by atoms with Crippen LogP contribution in [-0.4, -0.2) is 0 Å². The summed E-state index contributed by atoms with van der Waals surface area (Å²) in [6.45, 7) is 10.3. The summed E-state index contributed by atoms with van der Waals surface area (Å²) in [4.78, 5) is 0. The highest BCUT2D eigenvalue weighted by molar-refractivity contribution is 5.97. The standard InChI is InChI=1S/C23H22/c1-4-18-19(5-2)21-14-10-11-15-22(21)23(20(18)6-3)16-17-12-8-7-9-13-17/h4-5,7-15H,1-2,6,16H2,3H3. The van der Waals surface area contributed by atoms with Gasteiger partial charge in [-0.15, -0.1) is 0 Å². The van der Waals surface area contributed by atoms with Crippen LogP contribution in [0.2, 0.25) is 0 Å². The second kappa shape index (κ2) is 6.66. The average Bonchev–Trinajstić information content (AvgIpc) is 2.62. The Bertz CT molecular complexity index is 854. The van der Waals surface area contributed by atoms with E-state index in [-0.39, 0.29) is 0 Å². The van der Waals surface area contributed by atoms with Crippen molar-refractivity contribution in [2.45, 2.75) is 19.8 Å². The lowest BCUT2D eigenvalue weighted by Crippen LogP contribution is -2.02. The van der Waals surface area contributed by atoms with Crippen LogP contribution in [0, 0.1) is 0 Å². The van der Waals surface area contributed by atoms with Crippen molar-refractivity contribution in [2.75, 3.05) is 0 Å². The molecule has 0 spiro atoms. The number of hydrogen-bond acceptors (Lipinski definition) is 0. The Morgan fingerprint density at radius 2 is 1.35 bits per heavy atom. The van der Waals surface area contributed by atoms with Gasteiger partial charge in [0.05, 0.1) is 0 Å². The van der Waals surface area contributed by atoms with Crippen molar-refractivity contribution in [3.63, 3.8) is 0 Å². The third kappa shape index (κ3) is 2.73. The van der Waals surface area contributed by atoms with Gasteiger partial charge in [0.15, 0.2) is 0 Å². The highest BCUT2D eigenvalue weighted by Crippen LogP contribution is 2.34. The molecule has 3 rings (SSSR count). The molecule has 0 saturated carbocycles. The van der Waals surface area contributed by atoms with Crippen LogP contribution in [0.5, 0.6) is 0 Å². The molecule has 3 aromatic rings. The molecule has 0 fully saturated rings. The highest BCUT2D eigenvalue weighted by Gasteiger charge is 2.15. The minimum absolute atomic E-state index is 0.947. The summed E-state index contributed by atoms with van der Waals surface area (Å²) in [6.07, 6.45) is 5.89. The van der Waals surface area contributed by atoms with Crippen LogP contribution in [0.1, 0.15) is 34.7 Å². The van der Waals surface area contributed by atoms with E-state index in [0.29, 0.717) is 0 Å². The molecule has 0 aliphatic rings. The van der Waals surface area contributed by atoms with Gasteiger partial charge in [-0.25, -0.2) is 0 Å². The van der Waals surface area contributed by atoms with Gasteiger partial charge in [0, 0.05) is 0 Å². The molecule has 23 heavy (non-hydrogen) atoms. The van der Waals surface area contributed by atoms with Gasteiger partial charge in [0.1, 0.15) is 0 Å². The number of hydrogen-bond donors (Lipinski definition) is 0. The molecule has 0 aromatic heterocycles. The van der Waals surface area contributed by atoms with E-state index in [1.807, 2.05) is 12.2 Å². The van der Waals surface area contributed by atoms with Crippen molar-refractivity contribution in [2.24, 2.45) is 0 Å². The van der Waals surface area contributed by atoms with E-state index in [1.54, 1.807) is 0 Å². The monoisotopic (exact) mass is 298 g/mol. The first-order valence-corrected chi connectivity index (χ1v) is 8.15. The van der Waals surface area contributed by atoms with E-state index < -0.39 is 0 Å². The minimum Gasteiger partial charge on any atom is -0.0984 e. The second-order valence-electron chi connectivity index (χ2n) is 5.75. The highest BCUT2D eigenvalue weighted by atomic mass is 14.2. The maximum atomic E-state index is 4.06. The zero-order valence-corrected chi connectivity index (χ0v) is 13.7. The summed E-state index contributed by atoms with van der Waals surface area (Å²) in [6, 6.07) is 19.3. The van der Waals surface area contributed by atoms with E-state index in [9.17, 15) is 0 Å². The number of fused-ring (bicyclic) bond motifs is 1. The number of rotatable bonds is 5. The van der Waals surface area contributed by atoms with Gasteiger partial charge in [0.25, 0.3) is 0 Å². The molecule has 0 aliphatic heterocycles. The first-order chi connectivity index (χ1) is 11.3. The summed E-state index contributed by atoms with van der Waals surface area (Å²) < 4.78 is 0. The predicted octanol–water partition coefficient (Wildman–Crippen LogP) is 6.28. The fourth-order valence-electron chi connectivity index (χ4n) is 3.47. The number of benzene rings is 3. The fourth-order valence-corrected chi connectivity index (χ4v) is 3.47. The molecular formula is C23H22. The SMILES string of the molecule is C=Cc1c(CC)c(Cc2ccccc2)c2ccccc2c1C=C. The summed E-state index contributed by atoms with van der Waals surface area (Å²) in [5.41, 5.74) is 6.57. The molecule has 0 aliphatic carbocycles. The molecular weight excluding hydrogens is 276 g/mol. The molecule has 0 saturated heterocycles. The molecule has 0 nitrogen and oxygen atoms in total. The van der Waals surface area contributed by atoms with E-state index in [4.69, 9.17) is 0 Å². The predicted molar refractivity (Wildman–Crippen MR) is 103 cm³/mol. The molecule has 0 atom stereocenters. The summed E-state index contributed by atoms with van der Waals surface area (Å²) in [7, 11) is 0. The Labute approximate surface area is 138 Å². The van der Waals surface area contributed by atoms with Crippen LogP contribution in [0.4, 0.5) is 0 Å². The maximum absolute atomic E-state index is 4.06. The summed E-state index contributed by atoms with van der Waals surface area (Å²) in [5.74, 6) is 0. The first-order valence-electron chi connectivity index (χ1n) is 8.15. The van der Waals surface area contributed by atoms with Gasteiger partial charge in [-0.05, 0) is 51.4 Å². The zero-order chi connectivity index (χ0) is 16.2. The maximum Gasteiger partial charge on any atom is -0.00167 e. The van der Waals surface area contributed by atoms with Crippen LogP contribution in [0.25, 0.3) is 22.9 Å². The Kier molecular flexibility index (Phi) is 4.43. The minimum atomic E-state index is 0.947. The van der Waals surface area contributed by atoms with E-state index in [2.05, 4.69) is 74.7 Å². The normalized spacial score (nSPS) is 10.7. The molecule has 0 unspecified atom stereocenters. The van der Waals surface area contributed by atoms with Crippen molar-refractivity contribution in [1.82, 2.24) is 0 Å². The molecule has 0 radical (unpaired) electrons. The Morgan fingerprint density at radius 1 is 0.739 bits per heavy atom. The molecule has 0 bridgehead atoms. The lowest BCUT2D eigenvalue weighted by atomic mass is 9.85. The third-order valence-corrected chi connectivity index (χ3v) is 4.51. The zero-order valence-electron chi connectivity index (χ0n) is 13.7. The average molecular weight is 298 g/mol. The van der Waals surface area contributed by atoms with Gasteiger partial charge in [0.2, 0.25) is 0 Å². The van der Waals surface area contributed by atoms with Crippen LogP contribution in [-0.2, 0) is 12.8 Å². The first kappa shape index (κ1) is 15.3. The Morgan fingerprint density at radius 3 is 1.96 bits per heavy atom. The molecule has 0 amide bonds. The van der Waals surface area contributed by atoms with E-state index >= 15 is 0 Å². The molecule has 0 heteroatoms. The second-order valence-corrected chi connectivity index (χ2v) is 5.75. The topological polar surface area (TPSA) is 0 Å². The van der Waals surface area contributed by atoms with Gasteiger partial charge in [-0.1, -0.05) is 86.8 Å². The molecule has 0 N–H and O–H groups in total. The van der Waals surface area contributed by atoms with Gasteiger partial charge < -0.3 is 0 Å². The third-order valence-electron chi connectivity index (χ3n) is 4.51. The van der Waals surface area contributed by atoms with Crippen molar-refractivity contribution < 1.29 is 0 Å². The van der Waals surface area contributed by atoms with Gasteiger partial charge >= 0.3 is 0 Å². The molecule has 0 heterocycles. The van der Waals surface area contributed by atoms with Crippen molar-refractivity contribution >= 4 is 22.9 Å². The largest absolute Gasteiger partial charge is 0.0984 e. The van der Waals surface area contributed by atoms with Crippen molar-refractivity contribution in [3.05, 3.63) is 95.6 Å². The smallest absolute Gasteiger partial charge is 0.00167 e. The van der Waals surface area contributed by atoms with E-state index in [1.165, 1.54) is 38.6 Å². The lowest BCUT2D eigenvalue weighted by Gasteiger charge is -2.19. The Balaban J connectivity index is 2.35. The van der Waals surface area contributed by atoms with Crippen LogP contribution in [0.15, 0.2) is 67.8 Å². The van der Waals surface area contributed by atoms with Gasteiger partial charge in [-0.2, -0.15) is 0 Å². The van der Waals surface area contributed by atoms with Crippen LogP contribution in [0.3, 0.4) is 0 Å².